The zero-order valence-corrected chi connectivity index (χ0v) is 10.7. The van der Waals surface area contributed by atoms with Crippen LogP contribution < -0.4 is 5.32 Å². The van der Waals surface area contributed by atoms with E-state index in [1.165, 1.54) is 0 Å². The van der Waals surface area contributed by atoms with Crippen LogP contribution in [0.2, 0.25) is 0 Å². The fraction of sp³-hybridized carbons (Fsp3) is 0.455. The molecule has 1 saturated heterocycles. The molecule has 1 aliphatic heterocycles. The number of rotatable bonds is 2. The molecule has 0 saturated carbocycles. The minimum atomic E-state index is -0.0702. The molecule has 4 nitrogen and oxygen atoms in total. The summed E-state index contributed by atoms with van der Waals surface area (Å²) in [5, 5.41) is 2.85. The van der Waals surface area contributed by atoms with Crippen LogP contribution in [0.25, 0.3) is 0 Å². The molecule has 5 heteroatoms. The summed E-state index contributed by atoms with van der Waals surface area (Å²) in [6.45, 7) is 4.25. The fourth-order valence-corrected chi connectivity index (χ4v) is 1.99. The SMILES string of the molecule is CC1C(=O)NCCN1Cc1ccc(Br)cn1. The third-order valence-electron chi connectivity index (χ3n) is 2.78. The molecule has 0 aliphatic carbocycles. The molecular weight excluding hydrogens is 270 g/mol. The molecule has 86 valence electrons. The fourth-order valence-electron chi connectivity index (χ4n) is 1.75. The van der Waals surface area contributed by atoms with E-state index in [1.807, 2.05) is 19.1 Å². The quantitative estimate of drug-likeness (QED) is 0.886. The molecule has 16 heavy (non-hydrogen) atoms. The number of pyridine rings is 1. The molecule has 1 fully saturated rings. The number of piperazine rings is 1. The smallest absolute Gasteiger partial charge is 0.237 e. The van der Waals surface area contributed by atoms with Gasteiger partial charge in [0.05, 0.1) is 11.7 Å². The van der Waals surface area contributed by atoms with Gasteiger partial charge in [-0.2, -0.15) is 0 Å². The number of carbonyl (C=O) groups is 1. The van der Waals surface area contributed by atoms with Crippen LogP contribution in [0.4, 0.5) is 0 Å². The van der Waals surface area contributed by atoms with Crippen molar-refractivity contribution in [3.05, 3.63) is 28.5 Å². The van der Waals surface area contributed by atoms with Crippen LogP contribution in [-0.2, 0) is 11.3 Å². The number of nitrogens with zero attached hydrogens (tertiary/aromatic N) is 2. The molecule has 1 atom stereocenters. The topological polar surface area (TPSA) is 45.2 Å². The largest absolute Gasteiger partial charge is 0.353 e. The molecule has 1 amide bonds. The molecule has 1 unspecified atom stereocenters. The normalized spacial score (nSPS) is 21.9. The van der Waals surface area contributed by atoms with Gasteiger partial charge >= 0.3 is 0 Å². The van der Waals surface area contributed by atoms with Crippen molar-refractivity contribution in [2.45, 2.75) is 19.5 Å². The molecule has 1 N–H and O–H groups in total. The first-order chi connectivity index (χ1) is 7.66. The van der Waals surface area contributed by atoms with Crippen molar-refractivity contribution < 1.29 is 4.79 Å². The number of nitrogens with one attached hydrogen (secondary N) is 1. The van der Waals surface area contributed by atoms with Crippen LogP contribution in [0.3, 0.4) is 0 Å². The van der Waals surface area contributed by atoms with E-state index >= 15 is 0 Å². The summed E-state index contributed by atoms with van der Waals surface area (Å²) in [6, 6.07) is 3.87. The van der Waals surface area contributed by atoms with Crippen molar-refractivity contribution in [1.29, 1.82) is 0 Å². The van der Waals surface area contributed by atoms with Gasteiger partial charge in [-0.3, -0.25) is 14.7 Å². The molecule has 2 rings (SSSR count). The average molecular weight is 284 g/mol. The van der Waals surface area contributed by atoms with Crippen molar-refractivity contribution in [3.8, 4) is 0 Å². The van der Waals surface area contributed by atoms with Crippen LogP contribution in [0.5, 0.6) is 0 Å². The van der Waals surface area contributed by atoms with E-state index in [0.717, 1.165) is 29.8 Å². The summed E-state index contributed by atoms with van der Waals surface area (Å²) in [5.41, 5.74) is 0.991. The molecule has 0 aromatic carbocycles. The minimum Gasteiger partial charge on any atom is -0.353 e. The van der Waals surface area contributed by atoms with Crippen LogP contribution in [0.1, 0.15) is 12.6 Å². The van der Waals surface area contributed by atoms with Gasteiger partial charge in [-0.15, -0.1) is 0 Å². The number of carbonyl (C=O) groups excluding carboxylic acids is 1. The second-order valence-corrected chi connectivity index (χ2v) is 4.82. The summed E-state index contributed by atoms with van der Waals surface area (Å²) in [5.74, 6) is 0.100. The number of amides is 1. The van der Waals surface area contributed by atoms with E-state index in [4.69, 9.17) is 0 Å². The van der Waals surface area contributed by atoms with E-state index in [9.17, 15) is 4.79 Å². The minimum absolute atomic E-state index is 0.0702. The highest BCUT2D eigenvalue weighted by atomic mass is 79.9. The molecule has 0 bridgehead atoms. The monoisotopic (exact) mass is 283 g/mol. The van der Waals surface area contributed by atoms with Gasteiger partial charge in [-0.25, -0.2) is 0 Å². The maximum atomic E-state index is 11.5. The lowest BCUT2D eigenvalue weighted by molar-refractivity contribution is -0.128. The highest BCUT2D eigenvalue weighted by molar-refractivity contribution is 9.10. The summed E-state index contributed by atoms with van der Waals surface area (Å²) in [6.07, 6.45) is 1.78. The first-order valence-corrected chi connectivity index (χ1v) is 6.08. The molecule has 2 heterocycles. The number of hydrogen-bond donors (Lipinski definition) is 1. The Bertz CT molecular complexity index is 379. The van der Waals surface area contributed by atoms with Crippen molar-refractivity contribution in [3.63, 3.8) is 0 Å². The van der Waals surface area contributed by atoms with Gasteiger partial charge in [-0.05, 0) is 35.0 Å². The van der Waals surface area contributed by atoms with Crippen LogP contribution in [-0.4, -0.2) is 34.9 Å². The first kappa shape index (κ1) is 11.5. The van der Waals surface area contributed by atoms with Crippen molar-refractivity contribution in [1.82, 2.24) is 15.2 Å². The molecule has 0 spiro atoms. The van der Waals surface area contributed by atoms with Crippen LogP contribution >= 0.6 is 15.9 Å². The summed E-state index contributed by atoms with van der Waals surface area (Å²) < 4.78 is 0.973. The van der Waals surface area contributed by atoms with E-state index in [1.54, 1.807) is 6.20 Å². The van der Waals surface area contributed by atoms with Crippen molar-refractivity contribution >= 4 is 21.8 Å². The van der Waals surface area contributed by atoms with Gasteiger partial charge in [0.25, 0.3) is 0 Å². The highest BCUT2D eigenvalue weighted by Crippen LogP contribution is 2.12. The lowest BCUT2D eigenvalue weighted by atomic mass is 10.2. The number of halogens is 1. The Morgan fingerprint density at radius 2 is 2.44 bits per heavy atom. The molecule has 0 radical (unpaired) electrons. The Kier molecular flexibility index (Phi) is 3.56. The zero-order chi connectivity index (χ0) is 11.5. The van der Waals surface area contributed by atoms with Crippen LogP contribution in [0.15, 0.2) is 22.8 Å². The maximum absolute atomic E-state index is 11.5. The molecule has 1 aromatic heterocycles. The predicted molar refractivity (Wildman–Crippen MR) is 64.8 cm³/mol. The van der Waals surface area contributed by atoms with Gasteiger partial charge in [-0.1, -0.05) is 0 Å². The van der Waals surface area contributed by atoms with Gasteiger partial charge in [0.15, 0.2) is 0 Å². The van der Waals surface area contributed by atoms with Gasteiger partial charge in [0.2, 0.25) is 5.91 Å². The average Bonchev–Trinajstić information content (AvgIpc) is 2.28. The Hall–Kier alpha value is -0.940. The lowest BCUT2D eigenvalue weighted by Gasteiger charge is -2.32. The third-order valence-corrected chi connectivity index (χ3v) is 3.25. The summed E-state index contributed by atoms with van der Waals surface area (Å²) in [4.78, 5) is 17.9. The van der Waals surface area contributed by atoms with Crippen molar-refractivity contribution in [2.24, 2.45) is 0 Å². The highest BCUT2D eigenvalue weighted by Gasteiger charge is 2.25. The second kappa shape index (κ2) is 4.93. The molecular formula is C11H14BrN3O. The van der Waals surface area contributed by atoms with E-state index in [0.29, 0.717) is 0 Å². The number of hydrogen-bond acceptors (Lipinski definition) is 3. The Morgan fingerprint density at radius 3 is 3.12 bits per heavy atom. The first-order valence-electron chi connectivity index (χ1n) is 5.29. The second-order valence-electron chi connectivity index (χ2n) is 3.91. The van der Waals surface area contributed by atoms with Gasteiger partial charge in [0.1, 0.15) is 0 Å². The van der Waals surface area contributed by atoms with E-state index in [-0.39, 0.29) is 11.9 Å². The van der Waals surface area contributed by atoms with Crippen molar-refractivity contribution in [2.75, 3.05) is 13.1 Å². The van der Waals surface area contributed by atoms with E-state index < -0.39 is 0 Å². The zero-order valence-electron chi connectivity index (χ0n) is 9.11. The Morgan fingerprint density at radius 1 is 1.62 bits per heavy atom. The standard InChI is InChI=1S/C11H14BrN3O/c1-8-11(16)13-4-5-15(8)7-10-3-2-9(12)6-14-10/h2-3,6,8H,4-5,7H2,1H3,(H,13,16). The Balaban J connectivity index is 2.03. The maximum Gasteiger partial charge on any atom is 0.237 e. The van der Waals surface area contributed by atoms with E-state index in [2.05, 4.69) is 31.1 Å². The summed E-state index contributed by atoms with van der Waals surface area (Å²) >= 11 is 3.35. The van der Waals surface area contributed by atoms with Crippen LogP contribution in [0, 0.1) is 0 Å². The lowest BCUT2D eigenvalue weighted by Crippen LogP contribution is -2.53. The van der Waals surface area contributed by atoms with Gasteiger partial charge in [0, 0.05) is 30.3 Å². The molecule has 1 aliphatic rings. The predicted octanol–water partition coefficient (Wildman–Crippen LogP) is 1.16. The number of aromatic nitrogens is 1. The molecule has 1 aromatic rings. The Labute approximate surface area is 103 Å². The third kappa shape index (κ3) is 2.59. The summed E-state index contributed by atoms with van der Waals surface area (Å²) in [7, 11) is 0. The van der Waals surface area contributed by atoms with Gasteiger partial charge < -0.3 is 5.32 Å².